The third kappa shape index (κ3) is 4.18. The van der Waals surface area contributed by atoms with Gasteiger partial charge in [0.05, 0.1) is 17.5 Å². The monoisotopic (exact) mass is 290 g/mol. The summed E-state index contributed by atoms with van der Waals surface area (Å²) in [4.78, 5) is 0. The molecular formula is C18H23ClO. The van der Waals surface area contributed by atoms with Crippen LogP contribution in [0.1, 0.15) is 50.2 Å². The fraction of sp³-hybridized carbons (Fsp3) is 0.556. The molecule has 0 aliphatic heterocycles. The second-order valence-corrected chi connectivity index (χ2v) is 5.88. The maximum absolute atomic E-state index is 6.22. The zero-order valence-electron chi connectivity index (χ0n) is 12.4. The van der Waals surface area contributed by atoms with Gasteiger partial charge in [-0.15, -0.1) is 11.6 Å². The molecule has 108 valence electrons. The first kappa shape index (κ1) is 15.3. The molecule has 1 aliphatic carbocycles. The van der Waals surface area contributed by atoms with Crippen LogP contribution in [0.3, 0.4) is 0 Å². The van der Waals surface area contributed by atoms with Gasteiger partial charge in [0.15, 0.2) is 0 Å². The molecule has 0 heterocycles. The van der Waals surface area contributed by atoms with Crippen molar-refractivity contribution in [1.82, 2.24) is 0 Å². The maximum atomic E-state index is 6.22. The Morgan fingerprint density at radius 2 is 2.20 bits per heavy atom. The first-order valence-corrected chi connectivity index (χ1v) is 8.08. The molecule has 2 atom stereocenters. The molecular weight excluding hydrogens is 268 g/mol. The highest BCUT2D eigenvalue weighted by Gasteiger charge is 2.22. The van der Waals surface area contributed by atoms with Gasteiger partial charge in [-0.25, -0.2) is 0 Å². The van der Waals surface area contributed by atoms with Crippen molar-refractivity contribution in [1.29, 1.82) is 0 Å². The van der Waals surface area contributed by atoms with Crippen molar-refractivity contribution < 1.29 is 4.74 Å². The number of hydrogen-bond donors (Lipinski definition) is 0. The molecule has 1 aromatic rings. The standard InChI is InChI=1S/C18H23ClO/c1-3-15-6-4-8-17(13-15)20-18-10-9-14(2)12-16(18)7-5-11-19/h9-10,12,15,17H,3-4,6,8,11,13H2,1-2H3. The quantitative estimate of drug-likeness (QED) is 0.566. The normalized spacial score (nSPS) is 21.9. The summed E-state index contributed by atoms with van der Waals surface area (Å²) in [6, 6.07) is 6.21. The first-order valence-electron chi connectivity index (χ1n) is 7.55. The molecule has 20 heavy (non-hydrogen) atoms. The van der Waals surface area contributed by atoms with Crippen LogP contribution in [-0.4, -0.2) is 12.0 Å². The van der Waals surface area contributed by atoms with Crippen molar-refractivity contribution >= 4 is 11.6 Å². The SMILES string of the molecule is CCC1CCCC(Oc2ccc(C)cc2C#CCCl)C1. The molecule has 0 saturated heterocycles. The summed E-state index contributed by atoms with van der Waals surface area (Å²) in [6.45, 7) is 4.35. The van der Waals surface area contributed by atoms with E-state index in [1.807, 2.05) is 6.07 Å². The van der Waals surface area contributed by atoms with Gasteiger partial charge < -0.3 is 4.74 Å². The van der Waals surface area contributed by atoms with Gasteiger partial charge in [-0.05, 0) is 49.8 Å². The molecule has 1 aliphatic rings. The van der Waals surface area contributed by atoms with Gasteiger partial charge in [-0.1, -0.05) is 37.7 Å². The van der Waals surface area contributed by atoms with Crippen LogP contribution in [-0.2, 0) is 0 Å². The molecule has 0 N–H and O–H groups in total. The molecule has 1 aromatic carbocycles. The number of hydrogen-bond acceptors (Lipinski definition) is 1. The fourth-order valence-corrected chi connectivity index (χ4v) is 2.94. The van der Waals surface area contributed by atoms with Gasteiger partial charge in [0.2, 0.25) is 0 Å². The van der Waals surface area contributed by atoms with Crippen molar-refractivity contribution in [3.8, 4) is 17.6 Å². The molecule has 2 heteroatoms. The predicted octanol–water partition coefficient (Wildman–Crippen LogP) is 4.93. The second-order valence-electron chi connectivity index (χ2n) is 5.62. The van der Waals surface area contributed by atoms with E-state index in [9.17, 15) is 0 Å². The van der Waals surface area contributed by atoms with Crippen LogP contribution in [0.2, 0.25) is 0 Å². The Bertz CT molecular complexity index is 498. The molecule has 2 unspecified atom stereocenters. The maximum Gasteiger partial charge on any atom is 0.135 e. The smallest absolute Gasteiger partial charge is 0.135 e. The minimum absolute atomic E-state index is 0.341. The van der Waals surface area contributed by atoms with Crippen molar-refractivity contribution in [3.05, 3.63) is 29.3 Å². The summed E-state index contributed by atoms with van der Waals surface area (Å²) < 4.78 is 6.22. The molecule has 1 fully saturated rings. The minimum Gasteiger partial charge on any atom is -0.489 e. The third-order valence-corrected chi connectivity index (χ3v) is 4.16. The van der Waals surface area contributed by atoms with Gasteiger partial charge in [0.25, 0.3) is 0 Å². The van der Waals surface area contributed by atoms with Gasteiger partial charge >= 0.3 is 0 Å². The van der Waals surface area contributed by atoms with Crippen LogP contribution < -0.4 is 4.74 Å². The van der Waals surface area contributed by atoms with E-state index in [4.69, 9.17) is 16.3 Å². The van der Waals surface area contributed by atoms with Crippen LogP contribution >= 0.6 is 11.6 Å². The van der Waals surface area contributed by atoms with E-state index in [1.54, 1.807) is 0 Å². The number of benzene rings is 1. The Morgan fingerprint density at radius 1 is 1.35 bits per heavy atom. The van der Waals surface area contributed by atoms with Crippen LogP contribution in [0.25, 0.3) is 0 Å². The van der Waals surface area contributed by atoms with Crippen molar-refractivity contribution in [2.45, 2.75) is 52.1 Å². The zero-order chi connectivity index (χ0) is 14.4. The lowest BCUT2D eigenvalue weighted by molar-refractivity contribution is 0.122. The van der Waals surface area contributed by atoms with Gasteiger partial charge in [0, 0.05) is 0 Å². The average molecular weight is 291 g/mol. The van der Waals surface area contributed by atoms with Crippen LogP contribution in [0.5, 0.6) is 5.75 Å². The molecule has 1 saturated carbocycles. The third-order valence-electron chi connectivity index (χ3n) is 4.03. The lowest BCUT2D eigenvalue weighted by atomic mass is 9.85. The summed E-state index contributed by atoms with van der Waals surface area (Å²) in [7, 11) is 0. The van der Waals surface area contributed by atoms with E-state index in [0.717, 1.165) is 23.7 Å². The molecule has 0 bridgehead atoms. The summed E-state index contributed by atoms with van der Waals surface area (Å²) in [5, 5.41) is 0. The van der Waals surface area contributed by atoms with Crippen LogP contribution in [0.4, 0.5) is 0 Å². The zero-order valence-corrected chi connectivity index (χ0v) is 13.2. The van der Waals surface area contributed by atoms with Crippen molar-refractivity contribution in [2.24, 2.45) is 5.92 Å². The van der Waals surface area contributed by atoms with Gasteiger partial charge in [0.1, 0.15) is 5.75 Å². The number of rotatable bonds is 3. The predicted molar refractivity (Wildman–Crippen MR) is 85.4 cm³/mol. The van der Waals surface area contributed by atoms with E-state index in [1.165, 1.54) is 31.2 Å². The van der Waals surface area contributed by atoms with Crippen molar-refractivity contribution in [3.63, 3.8) is 0 Å². The Kier molecular flexibility index (Phi) is 5.80. The summed E-state index contributed by atoms with van der Waals surface area (Å²) >= 11 is 5.66. The van der Waals surface area contributed by atoms with E-state index in [-0.39, 0.29) is 0 Å². The number of halogens is 1. The Hall–Kier alpha value is -1.13. The molecule has 0 amide bonds. The van der Waals surface area contributed by atoms with Crippen LogP contribution in [0.15, 0.2) is 18.2 Å². The highest BCUT2D eigenvalue weighted by molar-refractivity contribution is 6.19. The molecule has 1 nitrogen and oxygen atoms in total. The second kappa shape index (κ2) is 7.60. The van der Waals surface area contributed by atoms with Crippen molar-refractivity contribution in [2.75, 3.05) is 5.88 Å². The highest BCUT2D eigenvalue weighted by Crippen LogP contribution is 2.30. The average Bonchev–Trinajstić information content (AvgIpc) is 2.47. The largest absolute Gasteiger partial charge is 0.489 e. The molecule has 0 radical (unpaired) electrons. The Morgan fingerprint density at radius 3 is 2.95 bits per heavy atom. The highest BCUT2D eigenvalue weighted by atomic mass is 35.5. The topological polar surface area (TPSA) is 9.23 Å². The van der Waals surface area contributed by atoms with Gasteiger partial charge in [-0.3, -0.25) is 0 Å². The summed E-state index contributed by atoms with van der Waals surface area (Å²) in [6.07, 6.45) is 6.56. The molecule has 0 spiro atoms. The molecule has 0 aromatic heterocycles. The summed E-state index contributed by atoms with van der Waals surface area (Å²) in [5.41, 5.74) is 2.16. The first-order chi connectivity index (χ1) is 9.72. The van der Waals surface area contributed by atoms with E-state index in [0.29, 0.717) is 12.0 Å². The van der Waals surface area contributed by atoms with E-state index < -0.39 is 0 Å². The lowest BCUT2D eigenvalue weighted by Gasteiger charge is -2.29. The lowest BCUT2D eigenvalue weighted by Crippen LogP contribution is -2.25. The Balaban J connectivity index is 2.12. The number of aryl methyl sites for hydroxylation is 1. The van der Waals surface area contributed by atoms with E-state index >= 15 is 0 Å². The molecule has 2 rings (SSSR count). The fourth-order valence-electron chi connectivity index (χ4n) is 2.87. The van der Waals surface area contributed by atoms with Crippen LogP contribution in [0, 0.1) is 24.7 Å². The summed E-state index contributed by atoms with van der Waals surface area (Å²) in [5.74, 6) is 8.12. The Labute approximate surface area is 127 Å². The number of alkyl halides is 1. The van der Waals surface area contributed by atoms with Gasteiger partial charge in [-0.2, -0.15) is 0 Å². The number of ether oxygens (including phenoxy) is 1. The minimum atomic E-state index is 0.341. The van der Waals surface area contributed by atoms with E-state index in [2.05, 4.69) is 37.8 Å².